The largest absolute Gasteiger partial charge is 0.395 e. The summed E-state index contributed by atoms with van der Waals surface area (Å²) in [5.41, 5.74) is 7.94. The molecule has 1 aromatic carbocycles. The Morgan fingerprint density at radius 3 is 2.32 bits per heavy atom. The maximum atomic E-state index is 10.6. The Balaban J connectivity index is 1.57. The van der Waals surface area contributed by atoms with Crippen LogP contribution in [-0.4, -0.2) is 67.1 Å². The standard InChI is InChI=1S/C17H25ClN3O6P/c18-17-15(19)16(13-3-1-2-4-14(13)21-17)20-5-6-25-7-8-26-9-10-27-11-12-28(22,23)24/h1-4H,5-12,19H2,(H,20,21)(H2,22,23,24). The van der Waals surface area contributed by atoms with Gasteiger partial charge in [-0.1, -0.05) is 29.8 Å². The Morgan fingerprint density at radius 2 is 1.64 bits per heavy atom. The van der Waals surface area contributed by atoms with Crippen LogP contribution in [0.3, 0.4) is 0 Å². The lowest BCUT2D eigenvalue weighted by atomic mass is 10.1. The molecule has 0 aliphatic rings. The van der Waals surface area contributed by atoms with E-state index in [1.165, 1.54) is 0 Å². The average molecular weight is 434 g/mol. The second-order valence-electron chi connectivity index (χ2n) is 5.86. The van der Waals surface area contributed by atoms with Crippen molar-refractivity contribution in [1.82, 2.24) is 4.98 Å². The topological polar surface area (TPSA) is 136 Å². The molecule has 0 bridgehead atoms. The SMILES string of the molecule is Nc1c(Cl)nc2ccccc2c1NCCOCCOCCOCCP(=O)(O)O. The van der Waals surface area contributed by atoms with Gasteiger partial charge in [0.05, 0.1) is 62.7 Å². The Morgan fingerprint density at radius 1 is 1.04 bits per heavy atom. The highest BCUT2D eigenvalue weighted by Crippen LogP contribution is 2.33. The summed E-state index contributed by atoms with van der Waals surface area (Å²) in [5.74, 6) is 0. The van der Waals surface area contributed by atoms with Gasteiger partial charge < -0.3 is 35.0 Å². The third-order valence-electron chi connectivity index (χ3n) is 3.70. The minimum absolute atomic E-state index is 0.00659. The fourth-order valence-electron chi connectivity index (χ4n) is 2.36. The summed E-state index contributed by atoms with van der Waals surface area (Å²) < 4.78 is 26.5. The molecule has 11 heteroatoms. The highest BCUT2D eigenvalue weighted by molar-refractivity contribution is 7.51. The maximum Gasteiger partial charge on any atom is 0.327 e. The molecule has 0 atom stereocenters. The van der Waals surface area contributed by atoms with Gasteiger partial charge in [0.2, 0.25) is 0 Å². The molecule has 0 spiro atoms. The summed E-state index contributed by atoms with van der Waals surface area (Å²) in [4.78, 5) is 21.6. The van der Waals surface area contributed by atoms with Crippen molar-refractivity contribution < 1.29 is 28.6 Å². The number of rotatable bonds is 13. The molecule has 0 saturated heterocycles. The summed E-state index contributed by atoms with van der Waals surface area (Å²) >= 11 is 6.08. The summed E-state index contributed by atoms with van der Waals surface area (Å²) in [5, 5.41) is 4.39. The predicted octanol–water partition coefficient (Wildman–Crippen LogP) is 2.11. The smallest absolute Gasteiger partial charge is 0.327 e. The van der Waals surface area contributed by atoms with Crippen molar-refractivity contribution >= 4 is 41.5 Å². The number of anilines is 2. The van der Waals surface area contributed by atoms with Crippen molar-refractivity contribution in [2.45, 2.75) is 0 Å². The molecular formula is C17H25ClN3O6P. The van der Waals surface area contributed by atoms with Gasteiger partial charge in [0.1, 0.15) is 0 Å². The molecule has 0 radical (unpaired) electrons. The molecule has 0 saturated carbocycles. The van der Waals surface area contributed by atoms with Gasteiger partial charge in [-0.15, -0.1) is 0 Å². The molecule has 0 aliphatic carbocycles. The molecule has 2 rings (SSSR count). The van der Waals surface area contributed by atoms with Crippen LogP contribution in [0.2, 0.25) is 5.15 Å². The molecule has 2 aromatic rings. The number of halogens is 1. The van der Waals surface area contributed by atoms with E-state index in [1.54, 1.807) is 0 Å². The van der Waals surface area contributed by atoms with E-state index in [4.69, 9.17) is 41.3 Å². The number of fused-ring (bicyclic) bond motifs is 1. The quantitative estimate of drug-likeness (QED) is 0.212. The molecule has 9 nitrogen and oxygen atoms in total. The van der Waals surface area contributed by atoms with Crippen molar-refractivity contribution in [3.8, 4) is 0 Å². The fraction of sp³-hybridized carbons (Fsp3) is 0.471. The van der Waals surface area contributed by atoms with Gasteiger partial charge in [-0.3, -0.25) is 4.57 Å². The van der Waals surface area contributed by atoms with Crippen LogP contribution >= 0.6 is 19.2 Å². The summed E-state index contributed by atoms with van der Waals surface area (Å²) in [6, 6.07) is 7.59. The first kappa shape index (κ1) is 22.8. The molecular weight excluding hydrogens is 409 g/mol. The second-order valence-corrected chi connectivity index (χ2v) is 8.00. The lowest BCUT2D eigenvalue weighted by molar-refractivity contribution is 0.0188. The molecule has 0 amide bonds. The number of para-hydroxylation sites is 1. The molecule has 0 fully saturated rings. The highest BCUT2D eigenvalue weighted by Gasteiger charge is 2.12. The van der Waals surface area contributed by atoms with Crippen LogP contribution in [0.25, 0.3) is 10.9 Å². The van der Waals surface area contributed by atoms with E-state index in [1.807, 2.05) is 24.3 Å². The summed E-state index contributed by atoms with van der Waals surface area (Å²) in [6.45, 7) is 2.42. The average Bonchev–Trinajstić information content (AvgIpc) is 2.64. The maximum absolute atomic E-state index is 10.6. The Kier molecular flexibility index (Phi) is 9.40. The van der Waals surface area contributed by atoms with Crippen molar-refractivity contribution in [1.29, 1.82) is 0 Å². The van der Waals surface area contributed by atoms with Crippen LogP contribution in [0.4, 0.5) is 11.4 Å². The van der Waals surface area contributed by atoms with Gasteiger partial charge in [-0.05, 0) is 6.07 Å². The Bertz CT molecular complexity index is 804. The number of nitrogens with one attached hydrogen (secondary N) is 1. The number of nitrogen functional groups attached to an aromatic ring is 1. The lowest BCUT2D eigenvalue weighted by Gasteiger charge is -2.13. The minimum Gasteiger partial charge on any atom is -0.395 e. The number of hydrogen-bond donors (Lipinski definition) is 4. The molecule has 156 valence electrons. The van der Waals surface area contributed by atoms with Crippen LogP contribution in [0.15, 0.2) is 24.3 Å². The predicted molar refractivity (Wildman–Crippen MR) is 109 cm³/mol. The molecule has 0 aliphatic heterocycles. The Hall–Kier alpha value is -1.45. The zero-order valence-electron chi connectivity index (χ0n) is 15.3. The van der Waals surface area contributed by atoms with Gasteiger partial charge in [0.25, 0.3) is 0 Å². The first-order valence-corrected chi connectivity index (χ1v) is 10.9. The third kappa shape index (κ3) is 7.89. The van der Waals surface area contributed by atoms with E-state index < -0.39 is 7.60 Å². The van der Waals surface area contributed by atoms with E-state index in [9.17, 15) is 4.57 Å². The van der Waals surface area contributed by atoms with Gasteiger partial charge in [-0.25, -0.2) is 4.98 Å². The normalized spacial score (nSPS) is 11.8. The zero-order chi connectivity index (χ0) is 20.4. The van der Waals surface area contributed by atoms with Crippen LogP contribution in [0.1, 0.15) is 0 Å². The molecule has 1 heterocycles. The van der Waals surface area contributed by atoms with Gasteiger partial charge >= 0.3 is 7.60 Å². The third-order valence-corrected chi connectivity index (χ3v) is 4.76. The monoisotopic (exact) mass is 433 g/mol. The van der Waals surface area contributed by atoms with Crippen molar-refractivity contribution in [3.05, 3.63) is 29.4 Å². The molecule has 28 heavy (non-hydrogen) atoms. The van der Waals surface area contributed by atoms with E-state index in [2.05, 4.69) is 10.3 Å². The number of benzene rings is 1. The minimum atomic E-state index is -4.00. The molecule has 5 N–H and O–H groups in total. The van der Waals surface area contributed by atoms with E-state index in [-0.39, 0.29) is 24.5 Å². The van der Waals surface area contributed by atoms with Gasteiger partial charge in [0.15, 0.2) is 5.15 Å². The number of nitrogens with two attached hydrogens (primary N) is 1. The van der Waals surface area contributed by atoms with Crippen LogP contribution < -0.4 is 11.1 Å². The molecule has 0 unspecified atom stereocenters. The van der Waals surface area contributed by atoms with E-state index >= 15 is 0 Å². The van der Waals surface area contributed by atoms with E-state index in [0.717, 1.165) is 16.6 Å². The van der Waals surface area contributed by atoms with Crippen molar-refractivity contribution in [2.24, 2.45) is 0 Å². The zero-order valence-corrected chi connectivity index (χ0v) is 17.0. The summed E-state index contributed by atoms with van der Waals surface area (Å²) in [6.07, 6.45) is -0.286. The number of hydrogen-bond acceptors (Lipinski definition) is 7. The number of aromatic nitrogens is 1. The lowest BCUT2D eigenvalue weighted by Crippen LogP contribution is -2.15. The van der Waals surface area contributed by atoms with Crippen LogP contribution in [0, 0.1) is 0 Å². The number of nitrogens with zero attached hydrogens (tertiary/aromatic N) is 1. The van der Waals surface area contributed by atoms with Crippen molar-refractivity contribution in [3.63, 3.8) is 0 Å². The van der Waals surface area contributed by atoms with Crippen molar-refractivity contribution in [2.75, 3.05) is 63.4 Å². The first-order chi connectivity index (χ1) is 13.4. The fourth-order valence-corrected chi connectivity index (χ4v) is 2.91. The number of pyridine rings is 1. The second kappa shape index (κ2) is 11.5. The first-order valence-electron chi connectivity index (χ1n) is 8.74. The van der Waals surface area contributed by atoms with Gasteiger partial charge in [0, 0.05) is 11.9 Å². The Labute approximate surface area is 168 Å². The summed E-state index contributed by atoms with van der Waals surface area (Å²) in [7, 11) is -4.00. The highest BCUT2D eigenvalue weighted by atomic mass is 35.5. The number of ether oxygens (including phenoxy) is 3. The molecule has 1 aromatic heterocycles. The van der Waals surface area contributed by atoms with Gasteiger partial charge in [-0.2, -0.15) is 0 Å². The van der Waals surface area contributed by atoms with Crippen LogP contribution in [0.5, 0.6) is 0 Å². The van der Waals surface area contributed by atoms with E-state index in [0.29, 0.717) is 38.7 Å². The van der Waals surface area contributed by atoms with Crippen LogP contribution in [-0.2, 0) is 18.8 Å².